The van der Waals surface area contributed by atoms with Gasteiger partial charge in [0.15, 0.2) is 0 Å². The first-order valence-electron chi connectivity index (χ1n) is 9.34. The van der Waals surface area contributed by atoms with Gasteiger partial charge < -0.3 is 10.5 Å². The zero-order valence-corrected chi connectivity index (χ0v) is 17.6. The highest BCUT2D eigenvalue weighted by Crippen LogP contribution is 2.38. The van der Waals surface area contributed by atoms with Gasteiger partial charge >= 0.3 is 0 Å². The molecule has 2 aliphatic heterocycles. The molecule has 0 radical (unpaired) electrons. The standard InChI is InChI=1S/C21H23ClF2N2O2S/c1-29(2,27)19-6-3-12-9-26(10-16(12)20(19)22)14-8-18(25)21(28-11-14)15-7-13(23)4-5-17(15)24/h3-7,14,18,21H,1,8-11,25H2,2H3/t14-,18+,21-,29?/m1/s1. The SMILES string of the molecule is C=S(C)(=O)c1ccc2c(c1Cl)CN([C@H]1CO[C@H](c3cc(F)ccc3F)[C@@H](N)C1)C2. The summed E-state index contributed by atoms with van der Waals surface area (Å²) in [4.78, 5) is 2.77. The summed E-state index contributed by atoms with van der Waals surface area (Å²) >= 11 is 6.53. The minimum absolute atomic E-state index is 0.0236. The van der Waals surface area contributed by atoms with Crippen molar-refractivity contribution in [3.8, 4) is 0 Å². The van der Waals surface area contributed by atoms with Gasteiger partial charge in [0.2, 0.25) is 0 Å². The summed E-state index contributed by atoms with van der Waals surface area (Å²) in [5, 5.41) is 0.508. The second-order valence-corrected chi connectivity index (χ2v) is 10.7. The quantitative estimate of drug-likeness (QED) is 0.742. The first-order valence-corrected chi connectivity index (χ1v) is 11.8. The lowest BCUT2D eigenvalue weighted by Crippen LogP contribution is -2.47. The van der Waals surface area contributed by atoms with Crippen molar-refractivity contribution < 1.29 is 17.7 Å². The Morgan fingerprint density at radius 2 is 2.03 bits per heavy atom. The fraction of sp³-hybridized carbons (Fsp3) is 0.381. The lowest BCUT2D eigenvalue weighted by atomic mass is 9.93. The van der Waals surface area contributed by atoms with E-state index in [9.17, 15) is 13.0 Å². The van der Waals surface area contributed by atoms with E-state index >= 15 is 0 Å². The van der Waals surface area contributed by atoms with E-state index in [2.05, 4.69) is 10.8 Å². The zero-order chi connectivity index (χ0) is 20.9. The van der Waals surface area contributed by atoms with Crippen LogP contribution in [0.4, 0.5) is 8.78 Å². The second kappa shape index (κ2) is 7.63. The molecule has 2 aliphatic rings. The average molecular weight is 441 g/mol. The number of ether oxygens (including phenoxy) is 1. The number of fused-ring (bicyclic) bond motifs is 1. The molecule has 29 heavy (non-hydrogen) atoms. The molecule has 0 spiro atoms. The summed E-state index contributed by atoms with van der Waals surface area (Å²) in [6.45, 7) is 1.63. The van der Waals surface area contributed by atoms with E-state index in [4.69, 9.17) is 22.1 Å². The van der Waals surface area contributed by atoms with Crippen molar-refractivity contribution in [1.82, 2.24) is 4.90 Å². The maximum absolute atomic E-state index is 14.1. The Balaban J connectivity index is 1.50. The van der Waals surface area contributed by atoms with E-state index < -0.39 is 33.3 Å². The molecule has 0 aliphatic carbocycles. The van der Waals surface area contributed by atoms with Crippen LogP contribution in [0.2, 0.25) is 5.02 Å². The number of nitrogens with zero attached hydrogens (tertiary/aromatic N) is 1. The predicted molar refractivity (Wildman–Crippen MR) is 112 cm³/mol. The summed E-state index contributed by atoms with van der Waals surface area (Å²) in [5.41, 5.74) is 8.48. The van der Waals surface area contributed by atoms with E-state index in [-0.39, 0.29) is 11.6 Å². The molecular formula is C21H23ClF2N2O2S. The van der Waals surface area contributed by atoms with E-state index in [0.717, 1.165) is 29.3 Å². The fourth-order valence-corrected chi connectivity index (χ4v) is 5.77. The zero-order valence-electron chi connectivity index (χ0n) is 16.0. The highest BCUT2D eigenvalue weighted by Gasteiger charge is 2.37. The van der Waals surface area contributed by atoms with Crippen LogP contribution in [0.5, 0.6) is 0 Å². The first kappa shape index (κ1) is 20.8. The third-order valence-electron chi connectivity index (χ3n) is 5.69. The van der Waals surface area contributed by atoms with Crippen LogP contribution in [0.1, 0.15) is 29.2 Å². The van der Waals surface area contributed by atoms with Crippen LogP contribution in [0.25, 0.3) is 0 Å². The molecular weight excluding hydrogens is 418 g/mol. The van der Waals surface area contributed by atoms with E-state index in [1.54, 1.807) is 12.3 Å². The summed E-state index contributed by atoms with van der Waals surface area (Å²) in [6, 6.07) is 6.61. The van der Waals surface area contributed by atoms with E-state index in [1.165, 1.54) is 0 Å². The van der Waals surface area contributed by atoms with Gasteiger partial charge in [-0.25, -0.2) is 8.78 Å². The molecule has 2 aromatic carbocycles. The van der Waals surface area contributed by atoms with Crippen molar-refractivity contribution in [2.24, 2.45) is 5.73 Å². The smallest absolute Gasteiger partial charge is 0.129 e. The number of halogens is 3. The Hall–Kier alpha value is -1.51. The topological polar surface area (TPSA) is 55.6 Å². The van der Waals surface area contributed by atoms with Crippen molar-refractivity contribution in [3.05, 3.63) is 63.7 Å². The van der Waals surface area contributed by atoms with Gasteiger partial charge in [0.05, 0.1) is 11.6 Å². The van der Waals surface area contributed by atoms with Gasteiger partial charge in [-0.15, -0.1) is 0 Å². The van der Waals surface area contributed by atoms with Crippen LogP contribution in [-0.4, -0.2) is 39.9 Å². The van der Waals surface area contributed by atoms with Crippen LogP contribution in [0.3, 0.4) is 0 Å². The maximum Gasteiger partial charge on any atom is 0.129 e. The molecule has 4 atom stereocenters. The highest BCUT2D eigenvalue weighted by atomic mass is 35.5. The molecule has 156 valence electrons. The first-order chi connectivity index (χ1) is 13.6. The van der Waals surface area contributed by atoms with Gasteiger partial charge in [-0.2, -0.15) is 0 Å². The number of nitrogens with two attached hydrogens (primary N) is 1. The van der Waals surface area contributed by atoms with Gasteiger partial charge in [0, 0.05) is 41.9 Å². The normalized spacial score (nSPS) is 26.9. The molecule has 2 N–H and O–H groups in total. The van der Waals surface area contributed by atoms with Crippen LogP contribution < -0.4 is 5.73 Å². The Bertz CT molecular complexity index is 1060. The molecule has 4 rings (SSSR count). The fourth-order valence-electron chi connectivity index (χ4n) is 4.18. The van der Waals surface area contributed by atoms with Gasteiger partial charge in [0.25, 0.3) is 0 Å². The molecule has 4 nitrogen and oxygen atoms in total. The predicted octanol–water partition coefficient (Wildman–Crippen LogP) is 3.50. The van der Waals surface area contributed by atoms with Crippen LogP contribution in [0.15, 0.2) is 35.2 Å². The summed E-state index contributed by atoms with van der Waals surface area (Å²) in [5.74, 6) is 2.70. The average Bonchev–Trinajstić information content (AvgIpc) is 3.08. The Morgan fingerprint density at radius 1 is 1.28 bits per heavy atom. The minimum Gasteiger partial charge on any atom is -0.370 e. The van der Waals surface area contributed by atoms with Gasteiger partial charge in [-0.05, 0) is 57.2 Å². The number of hydrogen-bond donors (Lipinski definition) is 1. The second-order valence-electron chi connectivity index (χ2n) is 7.90. The Labute approximate surface area is 174 Å². The van der Waals surface area contributed by atoms with Crippen LogP contribution in [-0.2, 0) is 27.3 Å². The lowest BCUT2D eigenvalue weighted by molar-refractivity contribution is -0.0531. The highest BCUT2D eigenvalue weighted by molar-refractivity contribution is 7.99. The Morgan fingerprint density at radius 3 is 2.72 bits per heavy atom. The molecule has 1 unspecified atom stereocenters. The largest absolute Gasteiger partial charge is 0.370 e. The molecule has 1 fully saturated rings. The van der Waals surface area contributed by atoms with Gasteiger partial charge in [0.1, 0.15) is 17.7 Å². The van der Waals surface area contributed by atoms with Crippen LogP contribution >= 0.6 is 11.6 Å². The van der Waals surface area contributed by atoms with Gasteiger partial charge in [-0.1, -0.05) is 17.7 Å². The monoisotopic (exact) mass is 440 g/mol. The third kappa shape index (κ3) is 3.94. The van der Waals surface area contributed by atoms with Crippen molar-refractivity contribution in [3.63, 3.8) is 0 Å². The number of hydrogen-bond acceptors (Lipinski definition) is 4. The van der Waals surface area contributed by atoms with Gasteiger partial charge in [-0.3, -0.25) is 9.11 Å². The van der Waals surface area contributed by atoms with Crippen molar-refractivity contribution >= 4 is 27.0 Å². The molecule has 0 aromatic heterocycles. The summed E-state index contributed by atoms with van der Waals surface area (Å²) < 4.78 is 45.9. The van der Waals surface area contributed by atoms with Crippen molar-refractivity contribution in [2.45, 2.75) is 42.6 Å². The van der Waals surface area contributed by atoms with Crippen LogP contribution in [0, 0.1) is 11.6 Å². The van der Waals surface area contributed by atoms with E-state index in [1.807, 2.05) is 6.07 Å². The van der Waals surface area contributed by atoms with Crippen molar-refractivity contribution in [1.29, 1.82) is 0 Å². The Kier molecular flexibility index (Phi) is 5.46. The number of rotatable bonds is 3. The molecule has 0 saturated carbocycles. The third-order valence-corrected chi connectivity index (χ3v) is 7.50. The summed E-state index contributed by atoms with van der Waals surface area (Å²) in [6.07, 6.45) is 1.48. The molecule has 1 saturated heterocycles. The lowest BCUT2D eigenvalue weighted by Gasteiger charge is -2.38. The molecule has 0 amide bonds. The summed E-state index contributed by atoms with van der Waals surface area (Å²) in [7, 11) is -2.41. The molecule has 0 bridgehead atoms. The molecule has 8 heteroatoms. The minimum atomic E-state index is -2.41. The maximum atomic E-state index is 14.1. The van der Waals surface area contributed by atoms with Crippen molar-refractivity contribution in [2.75, 3.05) is 12.9 Å². The van der Waals surface area contributed by atoms with E-state index in [0.29, 0.717) is 36.0 Å². The number of benzene rings is 2. The molecule has 2 aromatic rings. The molecule has 2 heterocycles.